The number of fused-ring (bicyclic) bond motifs is 1. The van der Waals surface area contributed by atoms with Gasteiger partial charge in [0.05, 0.1) is 0 Å². The molecule has 3 heterocycles. The zero-order valence-corrected chi connectivity index (χ0v) is 16.6. The number of amides is 3. The monoisotopic (exact) mass is 396 g/mol. The molecule has 3 aliphatic heterocycles. The zero-order chi connectivity index (χ0) is 20.0. The number of benzene rings is 1. The van der Waals surface area contributed by atoms with E-state index in [9.17, 15) is 14.4 Å². The molecule has 4 aliphatic rings. The fourth-order valence-corrected chi connectivity index (χ4v) is 5.20. The summed E-state index contributed by atoms with van der Waals surface area (Å²) in [4.78, 5) is 38.2. The summed E-state index contributed by atoms with van der Waals surface area (Å²) < 4.78 is 0. The second-order valence-electron chi connectivity index (χ2n) is 9.04. The van der Waals surface area contributed by atoms with Crippen LogP contribution in [0, 0.1) is 5.92 Å². The van der Waals surface area contributed by atoms with Crippen molar-refractivity contribution in [3.8, 4) is 0 Å². The van der Waals surface area contributed by atoms with Gasteiger partial charge in [-0.05, 0) is 68.3 Å². The fraction of sp³-hybridized carbons (Fsp3) is 0.591. The minimum Gasteiger partial charge on any atom is -0.322 e. The molecule has 7 nitrogen and oxygen atoms in total. The van der Waals surface area contributed by atoms with E-state index >= 15 is 0 Å². The molecular weight excluding hydrogens is 368 g/mol. The molecule has 5 rings (SSSR count). The Balaban J connectivity index is 1.23. The Morgan fingerprint density at radius 3 is 2.83 bits per heavy atom. The van der Waals surface area contributed by atoms with E-state index in [0.717, 1.165) is 30.8 Å². The first kappa shape index (κ1) is 18.8. The van der Waals surface area contributed by atoms with E-state index in [4.69, 9.17) is 0 Å². The van der Waals surface area contributed by atoms with Crippen LogP contribution in [0.4, 0.5) is 0 Å². The third-order valence-electron chi connectivity index (χ3n) is 7.01. The van der Waals surface area contributed by atoms with Gasteiger partial charge in [0.2, 0.25) is 11.8 Å². The van der Waals surface area contributed by atoms with E-state index in [1.54, 1.807) is 4.90 Å². The van der Waals surface area contributed by atoms with Gasteiger partial charge in [0, 0.05) is 30.6 Å². The lowest BCUT2D eigenvalue weighted by Gasteiger charge is -2.30. The van der Waals surface area contributed by atoms with Crippen molar-refractivity contribution in [3.63, 3.8) is 0 Å². The number of hydrogen-bond acceptors (Lipinski definition) is 5. The lowest BCUT2D eigenvalue weighted by atomic mass is 9.90. The predicted octanol–water partition coefficient (Wildman–Crippen LogP) is 1.07. The van der Waals surface area contributed by atoms with Crippen molar-refractivity contribution in [3.05, 3.63) is 34.9 Å². The molecule has 2 saturated heterocycles. The zero-order valence-electron chi connectivity index (χ0n) is 16.6. The average molecular weight is 396 g/mol. The van der Waals surface area contributed by atoms with E-state index in [-0.39, 0.29) is 24.1 Å². The fourth-order valence-electron chi connectivity index (χ4n) is 5.20. The van der Waals surface area contributed by atoms with Crippen molar-refractivity contribution in [1.82, 2.24) is 20.9 Å². The van der Waals surface area contributed by atoms with Crippen LogP contribution in [-0.4, -0.2) is 47.3 Å². The van der Waals surface area contributed by atoms with Crippen LogP contribution >= 0.6 is 0 Å². The maximum absolute atomic E-state index is 12.9. The largest absolute Gasteiger partial charge is 0.322 e. The summed E-state index contributed by atoms with van der Waals surface area (Å²) in [5.74, 6) is -0.0179. The van der Waals surface area contributed by atoms with Crippen molar-refractivity contribution < 1.29 is 14.4 Å². The van der Waals surface area contributed by atoms with Crippen LogP contribution in [-0.2, 0) is 22.7 Å². The normalized spacial score (nSPS) is 27.9. The summed E-state index contributed by atoms with van der Waals surface area (Å²) in [5.41, 5.74) is 3.26. The molecule has 2 atom stereocenters. The van der Waals surface area contributed by atoms with E-state index < -0.39 is 6.04 Å². The second-order valence-corrected chi connectivity index (χ2v) is 9.04. The van der Waals surface area contributed by atoms with Gasteiger partial charge in [-0.2, -0.15) is 0 Å². The van der Waals surface area contributed by atoms with Gasteiger partial charge in [-0.1, -0.05) is 12.1 Å². The molecule has 3 amide bonds. The Morgan fingerprint density at radius 1 is 1.17 bits per heavy atom. The highest BCUT2D eigenvalue weighted by molar-refractivity contribution is 6.05. The second kappa shape index (κ2) is 7.22. The van der Waals surface area contributed by atoms with Gasteiger partial charge in [0.25, 0.3) is 5.91 Å². The van der Waals surface area contributed by atoms with Gasteiger partial charge >= 0.3 is 0 Å². The van der Waals surface area contributed by atoms with Crippen LogP contribution in [0.15, 0.2) is 18.2 Å². The SMILES string of the molecule is O=C1CCC(N2Cc3c(CNCC4CCNC5(CC5)C4)cccc3C2=O)C(=O)N1. The molecule has 1 aromatic carbocycles. The van der Waals surface area contributed by atoms with Gasteiger partial charge < -0.3 is 15.5 Å². The van der Waals surface area contributed by atoms with Gasteiger partial charge in [0.1, 0.15) is 6.04 Å². The maximum Gasteiger partial charge on any atom is 0.255 e. The number of rotatable bonds is 5. The van der Waals surface area contributed by atoms with E-state index in [2.05, 4.69) is 22.0 Å². The van der Waals surface area contributed by atoms with Crippen LogP contribution in [0.25, 0.3) is 0 Å². The van der Waals surface area contributed by atoms with Crippen molar-refractivity contribution in [2.75, 3.05) is 13.1 Å². The van der Waals surface area contributed by atoms with Gasteiger partial charge in [0.15, 0.2) is 0 Å². The van der Waals surface area contributed by atoms with Crippen molar-refractivity contribution in [2.24, 2.45) is 5.92 Å². The quantitative estimate of drug-likeness (QED) is 0.648. The summed E-state index contributed by atoms with van der Waals surface area (Å²) in [6, 6.07) is 5.28. The summed E-state index contributed by atoms with van der Waals surface area (Å²) >= 11 is 0. The molecule has 1 spiro atoms. The van der Waals surface area contributed by atoms with Gasteiger partial charge in [-0.25, -0.2) is 0 Å². The van der Waals surface area contributed by atoms with Gasteiger partial charge in [-0.3, -0.25) is 19.7 Å². The summed E-state index contributed by atoms with van der Waals surface area (Å²) in [6.07, 6.45) is 5.78. The van der Waals surface area contributed by atoms with Crippen LogP contribution in [0.2, 0.25) is 0 Å². The molecule has 1 aliphatic carbocycles. The number of nitrogens with zero attached hydrogens (tertiary/aromatic N) is 1. The topological polar surface area (TPSA) is 90.5 Å². The highest BCUT2D eigenvalue weighted by Gasteiger charge is 2.45. The molecule has 7 heteroatoms. The van der Waals surface area contributed by atoms with E-state index in [1.165, 1.54) is 25.7 Å². The Kier molecular flexibility index (Phi) is 4.67. The Bertz CT molecular complexity index is 864. The predicted molar refractivity (Wildman–Crippen MR) is 107 cm³/mol. The highest BCUT2D eigenvalue weighted by Crippen LogP contribution is 2.43. The third kappa shape index (κ3) is 3.57. The van der Waals surface area contributed by atoms with E-state index in [0.29, 0.717) is 30.0 Å². The lowest BCUT2D eigenvalue weighted by Crippen LogP contribution is -2.52. The number of nitrogens with one attached hydrogen (secondary N) is 3. The van der Waals surface area contributed by atoms with Crippen molar-refractivity contribution in [2.45, 2.75) is 63.2 Å². The summed E-state index contributed by atoms with van der Waals surface area (Å²) in [6.45, 7) is 3.28. The first-order valence-corrected chi connectivity index (χ1v) is 10.8. The Morgan fingerprint density at radius 2 is 2.03 bits per heavy atom. The minimum absolute atomic E-state index is 0.106. The van der Waals surface area contributed by atoms with Crippen molar-refractivity contribution >= 4 is 17.7 Å². The highest BCUT2D eigenvalue weighted by atomic mass is 16.2. The van der Waals surface area contributed by atoms with E-state index in [1.807, 2.05) is 12.1 Å². The number of hydrogen-bond donors (Lipinski definition) is 3. The molecule has 3 fully saturated rings. The number of imide groups is 1. The molecule has 3 N–H and O–H groups in total. The Labute approximate surface area is 170 Å². The third-order valence-corrected chi connectivity index (χ3v) is 7.01. The van der Waals surface area contributed by atoms with Crippen LogP contribution in [0.3, 0.4) is 0 Å². The molecular formula is C22H28N4O3. The number of carbonyl (C=O) groups excluding carboxylic acids is 3. The molecule has 154 valence electrons. The number of carbonyl (C=O) groups is 3. The molecule has 0 bridgehead atoms. The summed E-state index contributed by atoms with van der Waals surface area (Å²) in [7, 11) is 0. The average Bonchev–Trinajstić information content (AvgIpc) is 3.35. The van der Waals surface area contributed by atoms with Gasteiger partial charge in [-0.15, -0.1) is 0 Å². The number of piperidine rings is 2. The summed E-state index contributed by atoms with van der Waals surface area (Å²) in [5, 5.41) is 9.63. The first-order chi connectivity index (χ1) is 14.0. The van der Waals surface area contributed by atoms with Crippen molar-refractivity contribution in [1.29, 1.82) is 0 Å². The molecule has 0 aromatic heterocycles. The molecule has 1 saturated carbocycles. The van der Waals surface area contributed by atoms with Crippen LogP contribution in [0.1, 0.15) is 60.0 Å². The molecule has 1 aromatic rings. The molecule has 29 heavy (non-hydrogen) atoms. The Hall–Kier alpha value is -2.25. The lowest BCUT2D eigenvalue weighted by molar-refractivity contribution is -0.136. The standard InChI is InChI=1S/C22H28N4O3/c27-19-5-4-18(20(28)25-19)26-13-17-15(2-1-3-16(17)21(26)29)12-23-11-14-6-9-24-22(10-14)7-8-22/h1-3,14,18,23-24H,4-13H2,(H,25,27,28). The molecule has 2 unspecified atom stereocenters. The smallest absolute Gasteiger partial charge is 0.255 e. The first-order valence-electron chi connectivity index (χ1n) is 10.8. The van der Waals surface area contributed by atoms with Crippen LogP contribution < -0.4 is 16.0 Å². The maximum atomic E-state index is 12.9. The molecule has 0 radical (unpaired) electrons. The minimum atomic E-state index is -0.558. The van der Waals surface area contributed by atoms with Crippen LogP contribution in [0.5, 0.6) is 0 Å².